The second kappa shape index (κ2) is 6.68. The number of rotatable bonds is 4. The lowest BCUT2D eigenvalue weighted by atomic mass is 9.85. The fraction of sp³-hybridized carbons (Fsp3) is 0.381. The van der Waals surface area contributed by atoms with Crippen LogP contribution in [0.4, 0.5) is 0 Å². The van der Waals surface area contributed by atoms with Gasteiger partial charge in [0.15, 0.2) is 0 Å². The smallest absolute Gasteiger partial charge is 0.339 e. The first-order valence-electron chi connectivity index (χ1n) is 8.32. The first-order chi connectivity index (χ1) is 11.2. The summed E-state index contributed by atoms with van der Waals surface area (Å²) < 4.78 is 0. The molecule has 0 saturated carbocycles. The number of carboxylic acid groups (broad SMARTS) is 1. The number of carbonyl (C=O) groups is 1. The van der Waals surface area contributed by atoms with E-state index in [1.165, 1.54) is 33.4 Å². The van der Waals surface area contributed by atoms with Gasteiger partial charge in [-0.15, -0.1) is 0 Å². The highest BCUT2D eigenvalue weighted by Crippen LogP contribution is 2.31. The molecule has 3 nitrogen and oxygen atoms in total. The minimum atomic E-state index is -1.10. The lowest BCUT2D eigenvalue weighted by molar-refractivity contribution is 0.0693. The molecule has 128 valence electrons. The van der Waals surface area contributed by atoms with E-state index >= 15 is 0 Å². The lowest BCUT2D eigenvalue weighted by Gasteiger charge is -2.20. The summed E-state index contributed by atoms with van der Waals surface area (Å²) in [4.78, 5) is 11.4. The van der Waals surface area contributed by atoms with Crippen LogP contribution >= 0.6 is 0 Å². The SMILES string of the molecule is CCc1c(C)c(C)c(C)c(Cc2cc(C)c(O)c(C(=O)O)c2)c1C. The van der Waals surface area contributed by atoms with E-state index in [-0.39, 0.29) is 11.3 Å². The van der Waals surface area contributed by atoms with Crippen LogP contribution in [0.5, 0.6) is 5.75 Å². The standard InChI is InChI=1S/C21H26O3/c1-7-17-13(4)12(3)14(5)18(15(17)6)9-16-8-11(2)20(22)19(10-16)21(23)24/h8,10,22H,7,9H2,1-6H3,(H,23,24). The molecule has 2 aromatic carbocycles. The monoisotopic (exact) mass is 326 g/mol. The zero-order valence-corrected chi connectivity index (χ0v) is 15.4. The van der Waals surface area contributed by atoms with Crippen LogP contribution in [0.25, 0.3) is 0 Å². The Bertz CT molecular complexity index is 817. The molecule has 2 N–H and O–H groups in total. The van der Waals surface area contributed by atoms with Crippen LogP contribution in [-0.2, 0) is 12.8 Å². The van der Waals surface area contributed by atoms with Gasteiger partial charge in [0.1, 0.15) is 11.3 Å². The number of hydrogen-bond acceptors (Lipinski definition) is 2. The van der Waals surface area contributed by atoms with Crippen LogP contribution in [-0.4, -0.2) is 16.2 Å². The Balaban J connectivity index is 2.61. The summed E-state index contributed by atoms with van der Waals surface area (Å²) in [6.07, 6.45) is 1.66. The Morgan fingerprint density at radius 2 is 1.50 bits per heavy atom. The van der Waals surface area contributed by atoms with E-state index < -0.39 is 5.97 Å². The molecule has 0 amide bonds. The minimum absolute atomic E-state index is 0.0279. The van der Waals surface area contributed by atoms with Crippen LogP contribution in [0.3, 0.4) is 0 Å². The summed E-state index contributed by atoms with van der Waals surface area (Å²) in [5, 5.41) is 19.2. The van der Waals surface area contributed by atoms with Gasteiger partial charge in [0, 0.05) is 0 Å². The summed E-state index contributed by atoms with van der Waals surface area (Å²) in [7, 11) is 0. The van der Waals surface area contributed by atoms with E-state index in [9.17, 15) is 15.0 Å². The number of aryl methyl sites for hydroxylation is 1. The third kappa shape index (κ3) is 3.03. The van der Waals surface area contributed by atoms with E-state index in [1.807, 2.05) is 6.07 Å². The molecule has 0 aliphatic heterocycles. The van der Waals surface area contributed by atoms with E-state index in [0.717, 1.165) is 12.0 Å². The average Bonchev–Trinajstić information content (AvgIpc) is 2.53. The number of benzene rings is 2. The van der Waals surface area contributed by atoms with E-state index in [1.54, 1.807) is 13.0 Å². The van der Waals surface area contributed by atoms with Gasteiger partial charge in [-0.25, -0.2) is 4.79 Å². The first-order valence-corrected chi connectivity index (χ1v) is 8.32. The third-order valence-electron chi connectivity index (χ3n) is 5.26. The molecule has 0 unspecified atom stereocenters. The topological polar surface area (TPSA) is 57.5 Å². The summed E-state index contributed by atoms with van der Waals surface area (Å²) in [6.45, 7) is 12.5. The van der Waals surface area contributed by atoms with Crippen molar-refractivity contribution in [1.29, 1.82) is 0 Å². The van der Waals surface area contributed by atoms with Gasteiger partial charge in [-0.1, -0.05) is 13.0 Å². The largest absolute Gasteiger partial charge is 0.507 e. The van der Waals surface area contributed by atoms with Gasteiger partial charge in [-0.3, -0.25) is 0 Å². The Labute approximate surface area is 144 Å². The molecule has 0 fully saturated rings. The van der Waals surface area contributed by atoms with Crippen LogP contribution in [0, 0.1) is 34.6 Å². The number of aromatic carboxylic acids is 1. The predicted molar refractivity (Wildman–Crippen MR) is 97.4 cm³/mol. The van der Waals surface area contributed by atoms with Gasteiger partial charge in [0.2, 0.25) is 0 Å². The zero-order chi connectivity index (χ0) is 18.2. The fourth-order valence-corrected chi connectivity index (χ4v) is 3.60. The van der Waals surface area contributed by atoms with Crippen molar-refractivity contribution in [1.82, 2.24) is 0 Å². The van der Waals surface area contributed by atoms with Crippen LogP contribution < -0.4 is 0 Å². The van der Waals surface area contributed by atoms with E-state index in [0.29, 0.717) is 12.0 Å². The fourth-order valence-electron chi connectivity index (χ4n) is 3.60. The number of phenols is 1. The summed E-state index contributed by atoms with van der Waals surface area (Å²) in [5.74, 6) is -1.24. The molecule has 0 spiro atoms. The molecule has 2 aromatic rings. The molecule has 0 saturated heterocycles. The van der Waals surface area contributed by atoms with Crippen molar-refractivity contribution in [3.8, 4) is 5.75 Å². The number of carboxylic acids is 1. The molecule has 2 rings (SSSR count). The van der Waals surface area contributed by atoms with Gasteiger partial charge in [-0.2, -0.15) is 0 Å². The maximum Gasteiger partial charge on any atom is 0.339 e. The summed E-state index contributed by atoms with van der Waals surface area (Å²) in [5.41, 5.74) is 9.34. The molecule has 0 aromatic heterocycles. The van der Waals surface area contributed by atoms with Gasteiger partial charge < -0.3 is 10.2 Å². The maximum atomic E-state index is 11.4. The molecule has 3 heteroatoms. The van der Waals surface area contributed by atoms with Crippen molar-refractivity contribution < 1.29 is 15.0 Å². The average molecular weight is 326 g/mol. The summed E-state index contributed by atoms with van der Waals surface area (Å²) in [6, 6.07) is 3.46. The van der Waals surface area contributed by atoms with Gasteiger partial charge in [-0.05, 0) is 98.0 Å². The van der Waals surface area contributed by atoms with Crippen LogP contribution in [0.2, 0.25) is 0 Å². The van der Waals surface area contributed by atoms with Gasteiger partial charge in [0.25, 0.3) is 0 Å². The molecule has 0 heterocycles. The lowest BCUT2D eigenvalue weighted by Crippen LogP contribution is -2.07. The second-order valence-electron chi connectivity index (χ2n) is 6.60. The molecule has 0 aliphatic rings. The van der Waals surface area contributed by atoms with Crippen LogP contribution in [0.1, 0.15) is 61.8 Å². The highest BCUT2D eigenvalue weighted by atomic mass is 16.4. The van der Waals surface area contributed by atoms with Crippen molar-refractivity contribution in [3.63, 3.8) is 0 Å². The molecule has 0 aliphatic carbocycles. The third-order valence-corrected chi connectivity index (χ3v) is 5.26. The molecule has 0 radical (unpaired) electrons. The van der Waals surface area contributed by atoms with E-state index in [2.05, 4.69) is 34.6 Å². The number of aromatic hydroxyl groups is 1. The first kappa shape index (κ1) is 18.1. The normalized spacial score (nSPS) is 10.9. The summed E-state index contributed by atoms with van der Waals surface area (Å²) >= 11 is 0. The zero-order valence-electron chi connectivity index (χ0n) is 15.4. The number of hydrogen-bond donors (Lipinski definition) is 2. The molecular weight excluding hydrogens is 300 g/mol. The molecule has 0 atom stereocenters. The Hall–Kier alpha value is -2.29. The van der Waals surface area contributed by atoms with Crippen LogP contribution in [0.15, 0.2) is 12.1 Å². The van der Waals surface area contributed by atoms with Crippen molar-refractivity contribution >= 4 is 5.97 Å². The molecular formula is C21H26O3. The molecule has 24 heavy (non-hydrogen) atoms. The van der Waals surface area contributed by atoms with Crippen molar-refractivity contribution in [2.75, 3.05) is 0 Å². The Morgan fingerprint density at radius 3 is 2.04 bits per heavy atom. The maximum absolute atomic E-state index is 11.4. The van der Waals surface area contributed by atoms with Crippen molar-refractivity contribution in [3.05, 3.63) is 62.2 Å². The molecule has 0 bridgehead atoms. The second-order valence-corrected chi connectivity index (χ2v) is 6.60. The van der Waals surface area contributed by atoms with Crippen molar-refractivity contribution in [2.24, 2.45) is 0 Å². The highest BCUT2D eigenvalue weighted by molar-refractivity contribution is 5.91. The Kier molecular flexibility index (Phi) is 5.02. The predicted octanol–water partition coefficient (Wildman–Crippen LogP) is 4.79. The minimum Gasteiger partial charge on any atom is -0.507 e. The highest BCUT2D eigenvalue weighted by Gasteiger charge is 2.17. The van der Waals surface area contributed by atoms with Gasteiger partial charge in [0.05, 0.1) is 0 Å². The Morgan fingerprint density at radius 1 is 0.917 bits per heavy atom. The van der Waals surface area contributed by atoms with Gasteiger partial charge >= 0.3 is 5.97 Å². The van der Waals surface area contributed by atoms with E-state index in [4.69, 9.17) is 0 Å². The van der Waals surface area contributed by atoms with Crippen molar-refractivity contribution in [2.45, 2.75) is 54.4 Å². The quantitative estimate of drug-likeness (QED) is 0.849.